The molecule has 0 atom stereocenters. The third kappa shape index (κ3) is 2.89. The number of nitrogens with zero attached hydrogens (tertiary/aromatic N) is 5. The topological polar surface area (TPSA) is 71.9 Å². The second-order valence-corrected chi connectivity index (χ2v) is 5.25. The van der Waals surface area contributed by atoms with Crippen molar-refractivity contribution in [3.63, 3.8) is 0 Å². The van der Waals surface area contributed by atoms with Gasteiger partial charge in [0.15, 0.2) is 0 Å². The van der Waals surface area contributed by atoms with Crippen molar-refractivity contribution in [2.24, 2.45) is 0 Å². The molecule has 2 aromatic heterocycles. The van der Waals surface area contributed by atoms with Gasteiger partial charge < -0.3 is 4.90 Å². The molecule has 3 heterocycles. The van der Waals surface area contributed by atoms with E-state index in [0.29, 0.717) is 11.6 Å². The first-order valence-electron chi connectivity index (χ1n) is 7.07. The highest BCUT2D eigenvalue weighted by molar-refractivity contribution is 5.92. The van der Waals surface area contributed by atoms with E-state index in [4.69, 9.17) is 0 Å². The fourth-order valence-corrected chi connectivity index (χ4v) is 2.76. The molecular weight excluding hydrogens is 266 g/mol. The predicted molar refractivity (Wildman–Crippen MR) is 76.7 cm³/mol. The van der Waals surface area contributed by atoms with Gasteiger partial charge in [-0.2, -0.15) is 0 Å². The van der Waals surface area contributed by atoms with Gasteiger partial charge in [0.05, 0.1) is 6.20 Å². The van der Waals surface area contributed by atoms with Crippen molar-refractivity contribution in [2.75, 3.05) is 13.1 Å². The number of likely N-dealkylation sites (tertiary alicyclic amines) is 1. The van der Waals surface area contributed by atoms with Crippen LogP contribution in [0.3, 0.4) is 0 Å². The Morgan fingerprint density at radius 2 is 1.95 bits per heavy atom. The minimum atomic E-state index is -0.0408. The van der Waals surface area contributed by atoms with Gasteiger partial charge in [0.1, 0.15) is 12.0 Å². The van der Waals surface area contributed by atoms with E-state index in [1.807, 2.05) is 18.0 Å². The van der Waals surface area contributed by atoms with Crippen molar-refractivity contribution in [3.8, 4) is 0 Å². The van der Waals surface area contributed by atoms with Crippen LogP contribution < -0.4 is 0 Å². The van der Waals surface area contributed by atoms with Crippen molar-refractivity contribution >= 4 is 5.91 Å². The molecule has 108 valence electrons. The first kappa shape index (κ1) is 13.6. The van der Waals surface area contributed by atoms with Crippen LogP contribution in [0.1, 0.15) is 40.5 Å². The van der Waals surface area contributed by atoms with Gasteiger partial charge in [0.25, 0.3) is 5.91 Å². The van der Waals surface area contributed by atoms with Crippen LogP contribution in [0.5, 0.6) is 0 Å². The van der Waals surface area contributed by atoms with Gasteiger partial charge in [-0.05, 0) is 25.3 Å². The highest BCUT2D eigenvalue weighted by Gasteiger charge is 2.26. The van der Waals surface area contributed by atoms with Crippen LogP contribution >= 0.6 is 0 Å². The number of hydrogen-bond acceptors (Lipinski definition) is 5. The molecule has 0 aromatic carbocycles. The van der Waals surface area contributed by atoms with Crippen LogP contribution in [0.25, 0.3) is 0 Å². The van der Waals surface area contributed by atoms with Gasteiger partial charge in [-0.25, -0.2) is 15.0 Å². The Labute approximate surface area is 123 Å². The Morgan fingerprint density at radius 3 is 2.62 bits per heavy atom. The van der Waals surface area contributed by atoms with Gasteiger partial charge in [-0.1, -0.05) is 0 Å². The van der Waals surface area contributed by atoms with E-state index in [2.05, 4.69) is 19.9 Å². The van der Waals surface area contributed by atoms with Gasteiger partial charge in [0.2, 0.25) is 0 Å². The van der Waals surface area contributed by atoms with Crippen LogP contribution in [-0.4, -0.2) is 43.8 Å². The van der Waals surface area contributed by atoms with Crippen LogP contribution in [0.15, 0.2) is 31.1 Å². The quantitative estimate of drug-likeness (QED) is 0.837. The molecule has 1 aliphatic heterocycles. The summed E-state index contributed by atoms with van der Waals surface area (Å²) in [5.74, 6) is 0.361. The molecule has 2 aromatic rings. The second-order valence-electron chi connectivity index (χ2n) is 5.25. The molecule has 1 fully saturated rings. The number of aryl methyl sites for hydroxylation is 1. The number of carbonyl (C=O) groups is 1. The summed E-state index contributed by atoms with van der Waals surface area (Å²) in [5, 5.41) is 0. The number of amides is 1. The molecule has 1 aliphatic rings. The third-order valence-corrected chi connectivity index (χ3v) is 3.89. The van der Waals surface area contributed by atoms with Crippen molar-refractivity contribution in [1.82, 2.24) is 24.8 Å². The molecule has 1 saturated heterocycles. The molecule has 6 nitrogen and oxygen atoms in total. The summed E-state index contributed by atoms with van der Waals surface area (Å²) in [7, 11) is 0. The van der Waals surface area contributed by atoms with E-state index in [0.717, 1.165) is 37.2 Å². The molecule has 0 unspecified atom stereocenters. The minimum absolute atomic E-state index is 0.0408. The Bertz CT molecular complexity index is 623. The second kappa shape index (κ2) is 5.95. The number of hydrogen-bond donors (Lipinski definition) is 0. The Balaban J connectivity index is 1.66. The fourth-order valence-electron chi connectivity index (χ4n) is 2.76. The highest BCUT2D eigenvalue weighted by Crippen LogP contribution is 2.28. The molecule has 0 aliphatic carbocycles. The lowest BCUT2D eigenvalue weighted by Crippen LogP contribution is -2.38. The zero-order valence-corrected chi connectivity index (χ0v) is 11.9. The molecule has 3 rings (SSSR count). The Kier molecular flexibility index (Phi) is 3.85. The highest BCUT2D eigenvalue weighted by atomic mass is 16.2. The summed E-state index contributed by atoms with van der Waals surface area (Å²) in [6.07, 6.45) is 9.92. The van der Waals surface area contributed by atoms with Crippen molar-refractivity contribution in [3.05, 3.63) is 48.1 Å². The predicted octanol–water partition coefficient (Wildman–Crippen LogP) is 1.59. The third-order valence-electron chi connectivity index (χ3n) is 3.89. The lowest BCUT2D eigenvalue weighted by Gasteiger charge is -2.31. The Hall–Kier alpha value is -2.37. The number of aromatic nitrogens is 4. The smallest absolute Gasteiger partial charge is 0.274 e. The van der Waals surface area contributed by atoms with Gasteiger partial charge in [0, 0.05) is 43.3 Å². The fraction of sp³-hybridized carbons (Fsp3) is 0.400. The largest absolute Gasteiger partial charge is 0.337 e. The van der Waals surface area contributed by atoms with Gasteiger partial charge in [-0.3, -0.25) is 9.78 Å². The van der Waals surface area contributed by atoms with Crippen molar-refractivity contribution < 1.29 is 4.79 Å². The van der Waals surface area contributed by atoms with Crippen LogP contribution in [0.4, 0.5) is 0 Å². The molecule has 6 heteroatoms. The maximum absolute atomic E-state index is 12.3. The van der Waals surface area contributed by atoms with Crippen LogP contribution in [0, 0.1) is 6.92 Å². The first-order chi connectivity index (χ1) is 10.3. The summed E-state index contributed by atoms with van der Waals surface area (Å²) in [4.78, 5) is 30.6. The lowest BCUT2D eigenvalue weighted by molar-refractivity contribution is 0.0705. The number of piperidine rings is 1. The maximum atomic E-state index is 12.3. The molecule has 0 N–H and O–H groups in total. The summed E-state index contributed by atoms with van der Waals surface area (Å²) in [6.45, 7) is 3.49. The molecular formula is C15H17N5O. The minimum Gasteiger partial charge on any atom is -0.337 e. The average molecular weight is 283 g/mol. The van der Waals surface area contributed by atoms with E-state index in [-0.39, 0.29) is 5.91 Å². The van der Waals surface area contributed by atoms with E-state index < -0.39 is 0 Å². The van der Waals surface area contributed by atoms with Crippen LogP contribution in [0.2, 0.25) is 0 Å². The zero-order chi connectivity index (χ0) is 14.7. The summed E-state index contributed by atoms with van der Waals surface area (Å²) in [5.41, 5.74) is 2.64. The van der Waals surface area contributed by atoms with E-state index >= 15 is 0 Å². The lowest BCUT2D eigenvalue weighted by atomic mass is 9.91. The molecule has 0 radical (unpaired) electrons. The zero-order valence-electron chi connectivity index (χ0n) is 11.9. The number of rotatable bonds is 2. The molecule has 0 bridgehead atoms. The number of carbonyl (C=O) groups excluding carboxylic acids is 1. The molecule has 1 amide bonds. The molecule has 21 heavy (non-hydrogen) atoms. The maximum Gasteiger partial charge on any atom is 0.274 e. The first-order valence-corrected chi connectivity index (χ1v) is 7.07. The Morgan fingerprint density at radius 1 is 1.14 bits per heavy atom. The van der Waals surface area contributed by atoms with E-state index in [1.54, 1.807) is 18.7 Å². The summed E-state index contributed by atoms with van der Waals surface area (Å²) in [6, 6.07) is 0. The standard InChI is InChI=1S/C15H17N5O/c1-11-8-17-10-19-14(11)12-2-6-20(7-3-12)15(21)13-9-16-4-5-18-13/h4-5,8-10,12H,2-3,6-7H2,1H3. The monoisotopic (exact) mass is 283 g/mol. The SMILES string of the molecule is Cc1cncnc1C1CCN(C(=O)c2cnccn2)CC1. The summed E-state index contributed by atoms with van der Waals surface area (Å²) >= 11 is 0. The van der Waals surface area contributed by atoms with Gasteiger partial charge >= 0.3 is 0 Å². The van der Waals surface area contributed by atoms with Crippen LogP contribution in [-0.2, 0) is 0 Å². The summed E-state index contributed by atoms with van der Waals surface area (Å²) < 4.78 is 0. The molecule has 0 spiro atoms. The van der Waals surface area contributed by atoms with E-state index in [1.165, 1.54) is 6.20 Å². The average Bonchev–Trinajstić information content (AvgIpc) is 2.56. The van der Waals surface area contributed by atoms with Crippen molar-refractivity contribution in [1.29, 1.82) is 0 Å². The van der Waals surface area contributed by atoms with Gasteiger partial charge in [-0.15, -0.1) is 0 Å². The normalized spacial score (nSPS) is 16.0. The molecule has 0 saturated carbocycles. The van der Waals surface area contributed by atoms with E-state index in [9.17, 15) is 4.79 Å². The van der Waals surface area contributed by atoms with Crippen molar-refractivity contribution in [2.45, 2.75) is 25.7 Å².